The molecule has 1 aliphatic rings. The molecule has 3 rings (SSSR count). The number of carbonyl (C=O) groups excluding carboxylic acids is 2. The van der Waals surface area contributed by atoms with Gasteiger partial charge in [-0.2, -0.15) is 0 Å². The highest BCUT2D eigenvalue weighted by Gasteiger charge is 2.34. The van der Waals surface area contributed by atoms with Gasteiger partial charge in [0.1, 0.15) is 17.5 Å². The normalized spacial score (nSPS) is 17.0. The first-order valence-electron chi connectivity index (χ1n) is 10.2. The van der Waals surface area contributed by atoms with Crippen molar-refractivity contribution in [2.75, 3.05) is 26.2 Å². The fourth-order valence-corrected chi connectivity index (χ4v) is 4.36. The van der Waals surface area contributed by atoms with Gasteiger partial charge in [0.15, 0.2) is 0 Å². The molecule has 1 heterocycles. The van der Waals surface area contributed by atoms with Gasteiger partial charge in [-0.05, 0) is 60.3 Å². The van der Waals surface area contributed by atoms with Crippen LogP contribution in [0.3, 0.4) is 0 Å². The average molecular weight is 484 g/mol. The number of halogens is 3. The molecule has 178 valence electrons. The van der Waals surface area contributed by atoms with Crippen LogP contribution in [0.4, 0.5) is 13.2 Å². The zero-order chi connectivity index (χ0) is 24.0. The summed E-state index contributed by atoms with van der Waals surface area (Å²) in [6.07, 6.45) is -4.24. The summed E-state index contributed by atoms with van der Waals surface area (Å²) in [7, 11) is 0. The number of amides is 2. The van der Waals surface area contributed by atoms with Gasteiger partial charge in [0.05, 0.1) is 0 Å². The minimum atomic E-state index is -4.76. The number of hydrogen-bond donors (Lipinski definition) is 2. The summed E-state index contributed by atoms with van der Waals surface area (Å²) in [5.74, 6) is -0.566. The second kappa shape index (κ2) is 10.8. The lowest BCUT2D eigenvalue weighted by atomic mass is 10.1. The van der Waals surface area contributed by atoms with Crippen LogP contribution < -0.4 is 10.1 Å². The Kier molecular flexibility index (Phi) is 8.09. The molecule has 7 nitrogen and oxygen atoms in total. The Hall–Kier alpha value is -2.92. The Morgan fingerprint density at radius 3 is 2.55 bits per heavy atom. The number of piperazine rings is 1. The number of phenolic OH excluding ortho intramolecular Hbond substituents is 1. The van der Waals surface area contributed by atoms with E-state index in [1.807, 2.05) is 10.4 Å². The number of ether oxygens (including phenoxy) is 1. The van der Waals surface area contributed by atoms with Gasteiger partial charge in [0.2, 0.25) is 11.8 Å². The molecule has 11 heteroatoms. The maximum atomic E-state index is 12.9. The third kappa shape index (κ3) is 7.57. The number of rotatable bonds is 7. The number of alkyl halides is 3. The van der Waals surface area contributed by atoms with Crippen molar-refractivity contribution in [1.82, 2.24) is 14.5 Å². The molecule has 1 fully saturated rings. The Balaban J connectivity index is 1.63. The maximum absolute atomic E-state index is 12.9. The summed E-state index contributed by atoms with van der Waals surface area (Å²) >= 11 is 1.24. The van der Waals surface area contributed by atoms with Crippen molar-refractivity contribution in [3.8, 4) is 11.5 Å². The molecule has 2 amide bonds. The third-order valence-corrected chi connectivity index (χ3v) is 6.14. The predicted molar refractivity (Wildman–Crippen MR) is 117 cm³/mol. The zero-order valence-corrected chi connectivity index (χ0v) is 18.7. The molecular weight excluding hydrogens is 459 g/mol. The van der Waals surface area contributed by atoms with Crippen LogP contribution >= 0.6 is 11.9 Å². The molecule has 0 aliphatic carbocycles. The van der Waals surface area contributed by atoms with Crippen molar-refractivity contribution in [1.29, 1.82) is 0 Å². The van der Waals surface area contributed by atoms with Crippen molar-refractivity contribution in [2.24, 2.45) is 0 Å². The van der Waals surface area contributed by atoms with Crippen LogP contribution in [0.2, 0.25) is 0 Å². The highest BCUT2D eigenvalue weighted by molar-refractivity contribution is 7.97. The van der Waals surface area contributed by atoms with E-state index < -0.39 is 12.4 Å². The number of nitrogens with zero attached hydrogens (tertiary/aromatic N) is 2. The van der Waals surface area contributed by atoms with Crippen LogP contribution in [0.1, 0.15) is 12.5 Å². The van der Waals surface area contributed by atoms with E-state index >= 15 is 0 Å². The van der Waals surface area contributed by atoms with Crippen molar-refractivity contribution >= 4 is 23.8 Å². The summed E-state index contributed by atoms with van der Waals surface area (Å²) in [6, 6.07) is 11.5. The van der Waals surface area contributed by atoms with Gasteiger partial charge in [0.25, 0.3) is 0 Å². The topological polar surface area (TPSA) is 82.1 Å². The molecule has 0 aromatic heterocycles. The van der Waals surface area contributed by atoms with Crippen LogP contribution in [-0.4, -0.2) is 64.7 Å². The molecular formula is C22H24F3N3O4S. The Morgan fingerprint density at radius 2 is 1.91 bits per heavy atom. The number of nitrogens with one attached hydrogen (secondary N) is 1. The van der Waals surface area contributed by atoms with Gasteiger partial charge < -0.3 is 20.1 Å². The average Bonchev–Trinajstić information content (AvgIpc) is 2.74. The first-order chi connectivity index (χ1) is 15.6. The Morgan fingerprint density at radius 1 is 1.18 bits per heavy atom. The van der Waals surface area contributed by atoms with Crippen LogP contribution in [0, 0.1) is 0 Å². The van der Waals surface area contributed by atoms with Crippen LogP contribution in [0.5, 0.6) is 11.5 Å². The molecule has 0 spiro atoms. The van der Waals surface area contributed by atoms with Crippen LogP contribution in [0.25, 0.3) is 0 Å². The molecule has 0 radical (unpaired) electrons. The van der Waals surface area contributed by atoms with Crippen molar-refractivity contribution in [3.05, 3.63) is 54.1 Å². The maximum Gasteiger partial charge on any atom is 0.573 e. The van der Waals surface area contributed by atoms with E-state index in [-0.39, 0.29) is 29.9 Å². The molecule has 2 aromatic rings. The number of hydrogen-bond acceptors (Lipinski definition) is 6. The largest absolute Gasteiger partial charge is 0.573 e. The minimum absolute atomic E-state index is 0.133. The van der Waals surface area contributed by atoms with E-state index in [9.17, 15) is 27.9 Å². The fourth-order valence-electron chi connectivity index (χ4n) is 3.37. The van der Waals surface area contributed by atoms with E-state index in [1.54, 1.807) is 23.1 Å². The lowest BCUT2D eigenvalue weighted by molar-refractivity contribution is -0.274. The molecule has 1 saturated heterocycles. The molecule has 0 unspecified atom stereocenters. The molecule has 0 bridgehead atoms. The first-order valence-corrected chi connectivity index (χ1v) is 11.0. The van der Waals surface area contributed by atoms with Gasteiger partial charge in [-0.3, -0.25) is 9.59 Å². The summed E-state index contributed by atoms with van der Waals surface area (Å²) in [5.41, 5.74) is 0.872. The molecule has 2 aromatic carbocycles. The Labute approximate surface area is 193 Å². The quantitative estimate of drug-likeness (QED) is 0.589. The van der Waals surface area contributed by atoms with Gasteiger partial charge in [-0.15, -0.1) is 13.2 Å². The van der Waals surface area contributed by atoms with Crippen molar-refractivity contribution in [3.63, 3.8) is 0 Å². The monoisotopic (exact) mass is 483 g/mol. The van der Waals surface area contributed by atoms with E-state index in [2.05, 4.69) is 10.1 Å². The third-order valence-electron chi connectivity index (χ3n) is 4.98. The zero-order valence-electron chi connectivity index (χ0n) is 17.8. The standard InChI is InChI=1S/C22H24F3N3O4S/c1-15(29)27-11-12-28(33-19-7-5-18(6-8-19)32-22(23,24)25)20(14-27)21(31)26-10-9-16-3-2-4-17(30)13-16/h2-8,13,20,30H,9-12,14H2,1H3,(H,26,31)/t20-/m1/s1. The fraction of sp³-hybridized carbons (Fsp3) is 0.364. The molecule has 33 heavy (non-hydrogen) atoms. The first kappa shape index (κ1) is 24.7. The predicted octanol–water partition coefficient (Wildman–Crippen LogP) is 3.19. The van der Waals surface area contributed by atoms with Crippen LogP contribution in [0.15, 0.2) is 53.4 Å². The summed E-state index contributed by atoms with van der Waals surface area (Å²) in [5, 5.41) is 12.4. The number of phenols is 1. The highest BCUT2D eigenvalue weighted by atomic mass is 32.2. The van der Waals surface area contributed by atoms with Gasteiger partial charge in [-0.1, -0.05) is 12.1 Å². The van der Waals surface area contributed by atoms with Crippen LogP contribution in [-0.2, 0) is 16.0 Å². The second-order valence-electron chi connectivity index (χ2n) is 7.44. The Bertz CT molecular complexity index is 972. The number of carbonyl (C=O) groups is 2. The molecule has 1 aliphatic heterocycles. The SMILES string of the molecule is CC(=O)N1CCN(Sc2ccc(OC(F)(F)F)cc2)[C@@H](C(=O)NCCc2cccc(O)c2)C1. The summed E-state index contributed by atoms with van der Waals surface area (Å²) in [6.45, 7) is 2.84. The number of benzene rings is 2. The van der Waals surface area contributed by atoms with Crippen molar-refractivity contribution in [2.45, 2.75) is 30.6 Å². The van der Waals surface area contributed by atoms with Gasteiger partial charge in [0, 0.05) is 38.0 Å². The highest BCUT2D eigenvalue weighted by Crippen LogP contribution is 2.30. The molecule has 0 saturated carbocycles. The van der Waals surface area contributed by atoms with E-state index in [0.717, 1.165) is 5.56 Å². The van der Waals surface area contributed by atoms with E-state index in [0.29, 0.717) is 31.0 Å². The van der Waals surface area contributed by atoms with Gasteiger partial charge >= 0.3 is 6.36 Å². The summed E-state index contributed by atoms with van der Waals surface area (Å²) in [4.78, 5) is 27.0. The van der Waals surface area contributed by atoms with Crippen molar-refractivity contribution < 1.29 is 32.6 Å². The number of aromatic hydroxyl groups is 1. The van der Waals surface area contributed by atoms with E-state index in [4.69, 9.17) is 0 Å². The summed E-state index contributed by atoms with van der Waals surface area (Å²) < 4.78 is 42.8. The lowest BCUT2D eigenvalue weighted by Crippen LogP contribution is -2.57. The van der Waals surface area contributed by atoms with Gasteiger partial charge in [-0.25, -0.2) is 4.31 Å². The van der Waals surface area contributed by atoms with E-state index in [1.165, 1.54) is 43.1 Å². The second-order valence-corrected chi connectivity index (χ2v) is 8.57. The minimum Gasteiger partial charge on any atom is -0.508 e. The molecule has 1 atom stereocenters. The lowest BCUT2D eigenvalue weighted by Gasteiger charge is -2.39. The smallest absolute Gasteiger partial charge is 0.508 e. The molecule has 2 N–H and O–H groups in total.